The van der Waals surface area contributed by atoms with E-state index in [0.29, 0.717) is 0 Å². The van der Waals surface area contributed by atoms with Gasteiger partial charge in [0.25, 0.3) is 0 Å². The van der Waals surface area contributed by atoms with Gasteiger partial charge in [0, 0.05) is 26.8 Å². The normalized spacial score (nSPS) is 19.9. The van der Waals surface area contributed by atoms with Crippen molar-refractivity contribution in [3.8, 4) is 11.2 Å². The highest BCUT2D eigenvalue weighted by Gasteiger charge is 2.52. The minimum Gasteiger partial charge on any atom is -0.399 e. The molecule has 100 valence electrons. The number of halogens is 1. The van der Waals surface area contributed by atoms with E-state index < -0.39 is 0 Å². The fraction of sp³-hybridized carbons (Fsp3) is 0.429. The molecule has 1 aromatic rings. The summed E-state index contributed by atoms with van der Waals surface area (Å²) < 4.78 is 12.1. The molecule has 0 saturated carbocycles. The molecule has 0 aromatic heterocycles. The summed E-state index contributed by atoms with van der Waals surface area (Å²) in [7, 11) is 1.12. The van der Waals surface area contributed by atoms with E-state index in [1.54, 1.807) is 0 Å². The van der Waals surface area contributed by atoms with Gasteiger partial charge in [0.1, 0.15) is 0 Å². The molecular formula is C14H16BIO2S. The zero-order valence-electron chi connectivity index (χ0n) is 11.5. The van der Waals surface area contributed by atoms with Crippen molar-refractivity contribution in [2.45, 2.75) is 38.9 Å². The standard InChI is InChI=1S/C14H16BIO2S/c1-13(2)14(3,4)18-15(17-13)12-8-6-5-7-11(12)9-10-19-16/h5-8H,1-4H3. The van der Waals surface area contributed by atoms with Crippen LogP contribution in [0.5, 0.6) is 0 Å². The predicted octanol–water partition coefficient (Wildman–Crippen LogP) is 3.38. The van der Waals surface area contributed by atoms with E-state index in [2.05, 4.69) is 60.1 Å². The number of hydrogen-bond acceptors (Lipinski definition) is 3. The lowest BCUT2D eigenvalue weighted by atomic mass is 9.76. The monoisotopic (exact) mass is 386 g/mol. The molecule has 5 heteroatoms. The van der Waals surface area contributed by atoms with Crippen LogP contribution in [0.4, 0.5) is 0 Å². The van der Waals surface area contributed by atoms with E-state index in [-0.39, 0.29) is 18.3 Å². The van der Waals surface area contributed by atoms with E-state index in [4.69, 9.17) is 9.31 Å². The Bertz CT molecular complexity index is 518. The molecule has 2 nitrogen and oxygen atoms in total. The molecule has 1 heterocycles. The molecule has 1 fully saturated rings. The Balaban J connectivity index is 2.35. The Kier molecular flexibility index (Phi) is 4.56. The molecule has 0 radical (unpaired) electrons. The molecule has 0 spiro atoms. The molecule has 0 N–H and O–H groups in total. The van der Waals surface area contributed by atoms with Gasteiger partial charge in [-0.3, -0.25) is 0 Å². The summed E-state index contributed by atoms with van der Waals surface area (Å²) in [6, 6.07) is 7.99. The predicted molar refractivity (Wildman–Crippen MR) is 90.6 cm³/mol. The van der Waals surface area contributed by atoms with Crippen LogP contribution >= 0.6 is 30.1 Å². The smallest absolute Gasteiger partial charge is 0.399 e. The Hall–Kier alpha value is -0.155. The van der Waals surface area contributed by atoms with Crippen molar-refractivity contribution in [3.63, 3.8) is 0 Å². The second-order valence-electron chi connectivity index (χ2n) is 5.48. The average molecular weight is 386 g/mol. The highest BCUT2D eigenvalue weighted by Crippen LogP contribution is 2.36. The van der Waals surface area contributed by atoms with E-state index >= 15 is 0 Å². The molecule has 0 bridgehead atoms. The number of rotatable bonds is 1. The van der Waals surface area contributed by atoms with Gasteiger partial charge in [0.15, 0.2) is 0 Å². The first-order valence-electron chi connectivity index (χ1n) is 6.10. The van der Waals surface area contributed by atoms with Crippen LogP contribution in [-0.2, 0) is 9.31 Å². The van der Waals surface area contributed by atoms with Crippen LogP contribution in [0, 0.1) is 11.2 Å². The quantitative estimate of drug-likeness (QED) is 0.419. The lowest BCUT2D eigenvalue weighted by Crippen LogP contribution is -2.41. The van der Waals surface area contributed by atoms with Gasteiger partial charge < -0.3 is 9.31 Å². The Labute approximate surface area is 131 Å². The molecule has 0 atom stereocenters. The van der Waals surface area contributed by atoms with Crippen LogP contribution in [-0.4, -0.2) is 18.3 Å². The van der Waals surface area contributed by atoms with Crippen molar-refractivity contribution in [1.82, 2.24) is 0 Å². The van der Waals surface area contributed by atoms with Gasteiger partial charge in [-0.2, -0.15) is 0 Å². The maximum absolute atomic E-state index is 6.07. The second-order valence-corrected chi connectivity index (χ2v) is 7.16. The SMILES string of the molecule is CC1(C)OB(c2ccccc2C#CSI)OC1(C)C. The first kappa shape index (κ1) is 15.2. The van der Waals surface area contributed by atoms with Crippen molar-refractivity contribution in [2.24, 2.45) is 0 Å². The molecule has 0 unspecified atom stereocenters. The van der Waals surface area contributed by atoms with Crippen molar-refractivity contribution >= 4 is 42.7 Å². The summed E-state index contributed by atoms with van der Waals surface area (Å²) in [6.07, 6.45) is 0. The van der Waals surface area contributed by atoms with Gasteiger partial charge in [-0.1, -0.05) is 24.1 Å². The third kappa shape index (κ3) is 3.13. The van der Waals surface area contributed by atoms with Crippen LogP contribution in [0.2, 0.25) is 0 Å². The van der Waals surface area contributed by atoms with Gasteiger partial charge in [-0.25, -0.2) is 0 Å². The Morgan fingerprint density at radius 3 is 2.26 bits per heavy atom. The summed E-state index contributed by atoms with van der Waals surface area (Å²) in [4.78, 5) is 0. The van der Waals surface area contributed by atoms with Gasteiger partial charge in [0.05, 0.1) is 11.2 Å². The third-order valence-electron chi connectivity index (χ3n) is 3.69. The topological polar surface area (TPSA) is 18.5 Å². The second kappa shape index (κ2) is 5.68. The zero-order valence-corrected chi connectivity index (χ0v) is 14.5. The van der Waals surface area contributed by atoms with E-state index in [9.17, 15) is 0 Å². The highest BCUT2D eigenvalue weighted by atomic mass is 127. The maximum atomic E-state index is 6.07. The van der Waals surface area contributed by atoms with Crippen molar-refractivity contribution < 1.29 is 9.31 Å². The Morgan fingerprint density at radius 1 is 1.11 bits per heavy atom. The lowest BCUT2D eigenvalue weighted by molar-refractivity contribution is 0.00578. The largest absolute Gasteiger partial charge is 0.496 e. The first-order chi connectivity index (χ1) is 8.87. The Morgan fingerprint density at radius 2 is 1.68 bits per heavy atom. The fourth-order valence-electron chi connectivity index (χ4n) is 1.86. The number of hydrogen-bond donors (Lipinski definition) is 0. The highest BCUT2D eigenvalue weighted by molar-refractivity contribution is 14.2. The summed E-state index contributed by atoms with van der Waals surface area (Å²) in [5, 5.41) is 3.01. The molecule has 0 amide bonds. The summed E-state index contributed by atoms with van der Waals surface area (Å²) >= 11 is 2.17. The summed E-state index contributed by atoms with van der Waals surface area (Å²) in [5.41, 5.74) is 1.32. The molecule has 2 rings (SSSR count). The van der Waals surface area contributed by atoms with Crippen LogP contribution in [0.1, 0.15) is 33.3 Å². The van der Waals surface area contributed by atoms with Crippen LogP contribution in [0.3, 0.4) is 0 Å². The van der Waals surface area contributed by atoms with Gasteiger partial charge in [0.2, 0.25) is 0 Å². The third-order valence-corrected chi connectivity index (χ3v) is 4.53. The van der Waals surface area contributed by atoms with Gasteiger partial charge in [-0.15, -0.1) is 0 Å². The average Bonchev–Trinajstić information content (AvgIpc) is 2.56. The van der Waals surface area contributed by atoms with Crippen molar-refractivity contribution in [1.29, 1.82) is 0 Å². The van der Waals surface area contributed by atoms with Crippen LogP contribution < -0.4 is 5.46 Å². The number of benzene rings is 1. The molecule has 1 aromatic carbocycles. The van der Waals surface area contributed by atoms with Crippen LogP contribution in [0.25, 0.3) is 0 Å². The van der Waals surface area contributed by atoms with Gasteiger partial charge in [-0.05, 0) is 53.4 Å². The molecule has 1 aliphatic rings. The molecule has 19 heavy (non-hydrogen) atoms. The van der Waals surface area contributed by atoms with Crippen molar-refractivity contribution in [3.05, 3.63) is 29.8 Å². The van der Waals surface area contributed by atoms with E-state index in [0.717, 1.165) is 11.0 Å². The van der Waals surface area contributed by atoms with Crippen LogP contribution in [0.15, 0.2) is 24.3 Å². The van der Waals surface area contributed by atoms with Crippen molar-refractivity contribution in [2.75, 3.05) is 0 Å². The van der Waals surface area contributed by atoms with E-state index in [1.165, 1.54) is 8.93 Å². The maximum Gasteiger partial charge on any atom is 0.496 e. The lowest BCUT2D eigenvalue weighted by Gasteiger charge is -2.32. The summed E-state index contributed by atoms with van der Waals surface area (Å²) in [5.74, 6) is 3.14. The molecule has 1 saturated heterocycles. The minimum atomic E-state index is -0.352. The minimum absolute atomic E-state index is 0.323. The molecule has 0 aliphatic carbocycles. The van der Waals surface area contributed by atoms with E-state index in [1.807, 2.05) is 24.3 Å². The molecular weight excluding hydrogens is 370 g/mol. The fourth-order valence-corrected chi connectivity index (χ4v) is 2.34. The zero-order chi connectivity index (χ0) is 14.1. The van der Waals surface area contributed by atoms with Gasteiger partial charge >= 0.3 is 7.12 Å². The summed E-state index contributed by atoms with van der Waals surface area (Å²) in [6.45, 7) is 8.23. The molecule has 1 aliphatic heterocycles. The first-order valence-corrected chi connectivity index (χ1v) is 9.46.